The number of ketones is 1. The number of hydrogen-bond acceptors (Lipinski definition) is 28. The molecule has 83 heavy (non-hydrogen) atoms. The lowest BCUT2D eigenvalue weighted by atomic mass is 9.96. The van der Waals surface area contributed by atoms with Gasteiger partial charge in [-0.1, -0.05) is 12.8 Å². The average molecular weight is 1210 g/mol. The van der Waals surface area contributed by atoms with E-state index in [0.717, 1.165) is 19.3 Å². The van der Waals surface area contributed by atoms with E-state index in [-0.39, 0.29) is 96.4 Å². The van der Waals surface area contributed by atoms with Crippen molar-refractivity contribution in [1.29, 1.82) is 0 Å². The highest BCUT2D eigenvalue weighted by molar-refractivity contribution is 5.84. The van der Waals surface area contributed by atoms with Crippen molar-refractivity contribution in [3.8, 4) is 0 Å². The summed E-state index contributed by atoms with van der Waals surface area (Å²) in [6.45, 7) is -0.521. The molecule has 4 saturated heterocycles. The van der Waals surface area contributed by atoms with Crippen molar-refractivity contribution in [2.75, 3.05) is 85.4 Å². The second kappa shape index (κ2) is 37.0. The molecule has 4 fully saturated rings. The average Bonchev–Trinajstić information content (AvgIpc) is 3.40. The van der Waals surface area contributed by atoms with Crippen LogP contribution >= 0.6 is 0 Å². The first kappa shape index (κ1) is 71.6. The van der Waals surface area contributed by atoms with Crippen LogP contribution in [0.1, 0.15) is 71.6 Å². The van der Waals surface area contributed by atoms with Gasteiger partial charge in [-0.3, -0.25) is 28.9 Å². The number of unbranched alkanes of at least 4 members (excludes halogenated alkanes) is 3. The topological polar surface area (TPSA) is 503 Å². The first-order valence-electron chi connectivity index (χ1n) is 27.9. The van der Waals surface area contributed by atoms with Gasteiger partial charge < -0.3 is 136 Å². The third-order valence-corrected chi connectivity index (χ3v) is 14.0. The van der Waals surface area contributed by atoms with E-state index in [1.807, 2.05) is 0 Å². The lowest BCUT2D eigenvalue weighted by Gasteiger charge is -2.46. The van der Waals surface area contributed by atoms with Gasteiger partial charge in [0, 0.05) is 52.0 Å². The summed E-state index contributed by atoms with van der Waals surface area (Å²) in [7, 11) is 0. The van der Waals surface area contributed by atoms with Crippen molar-refractivity contribution in [3.05, 3.63) is 0 Å². The molecule has 4 aliphatic heterocycles. The van der Waals surface area contributed by atoms with E-state index >= 15 is 0 Å². The molecule has 0 unspecified atom stereocenters. The van der Waals surface area contributed by atoms with Crippen LogP contribution in [-0.2, 0) is 66.7 Å². The highest BCUT2D eigenvalue weighted by Gasteiger charge is 2.52. The molecule has 0 saturated carbocycles. The van der Waals surface area contributed by atoms with Gasteiger partial charge in [-0.2, -0.15) is 0 Å². The van der Waals surface area contributed by atoms with Gasteiger partial charge in [-0.05, 0) is 39.5 Å². The molecule has 33 nitrogen and oxygen atoms in total. The number of aliphatic hydroxyl groups is 13. The van der Waals surface area contributed by atoms with E-state index in [1.165, 1.54) is 18.7 Å². The van der Waals surface area contributed by atoms with Crippen molar-refractivity contribution in [1.82, 2.24) is 31.5 Å². The predicted molar refractivity (Wildman–Crippen MR) is 277 cm³/mol. The molecule has 4 heterocycles. The number of rotatable bonds is 36. The Morgan fingerprint density at radius 3 is 1.31 bits per heavy atom. The molecule has 0 radical (unpaired) electrons. The Labute approximate surface area is 478 Å². The maximum atomic E-state index is 13.1. The van der Waals surface area contributed by atoms with Gasteiger partial charge in [0.15, 0.2) is 25.2 Å². The van der Waals surface area contributed by atoms with Crippen LogP contribution < -0.4 is 26.6 Å². The van der Waals surface area contributed by atoms with Gasteiger partial charge in [0.1, 0.15) is 97.3 Å². The van der Waals surface area contributed by atoms with Crippen LogP contribution in [0.15, 0.2) is 0 Å². The van der Waals surface area contributed by atoms with Crippen LogP contribution in [0.5, 0.6) is 0 Å². The van der Waals surface area contributed by atoms with Crippen molar-refractivity contribution >= 4 is 35.3 Å². The number of Topliss-reactive ketones (excluding diaryl/α,β-unsaturated/α-hetero) is 1. The molecular formula is C50H88N6O27. The third-order valence-electron chi connectivity index (χ3n) is 14.0. The van der Waals surface area contributed by atoms with Crippen molar-refractivity contribution in [2.45, 2.75) is 194 Å². The Kier molecular flexibility index (Phi) is 31.9. The minimum Gasteiger partial charge on any atom is -0.394 e. The quantitative estimate of drug-likeness (QED) is 0.0259. The Balaban J connectivity index is 1.22. The maximum Gasteiger partial charge on any atom is 0.234 e. The number of carbonyl (C=O) groups is 6. The van der Waals surface area contributed by atoms with Crippen LogP contribution in [0.2, 0.25) is 0 Å². The highest BCUT2D eigenvalue weighted by Crippen LogP contribution is 2.31. The summed E-state index contributed by atoms with van der Waals surface area (Å²) in [6, 6.07) is 0. The zero-order valence-electron chi connectivity index (χ0n) is 46.6. The Morgan fingerprint density at radius 1 is 0.410 bits per heavy atom. The summed E-state index contributed by atoms with van der Waals surface area (Å²) in [5.74, 6) is -2.33. The van der Waals surface area contributed by atoms with Crippen LogP contribution in [0.25, 0.3) is 0 Å². The van der Waals surface area contributed by atoms with E-state index in [9.17, 15) is 95.2 Å². The van der Waals surface area contributed by atoms with Crippen LogP contribution in [-0.4, -0.2) is 315 Å². The minimum atomic E-state index is -1.96. The Bertz CT molecular complexity index is 1970. The van der Waals surface area contributed by atoms with Crippen molar-refractivity contribution < 1.29 is 133 Å². The molecular weight excluding hydrogens is 1120 g/mol. The van der Waals surface area contributed by atoms with E-state index in [4.69, 9.17) is 37.9 Å². The van der Waals surface area contributed by atoms with Gasteiger partial charge in [-0.25, -0.2) is 0 Å². The Hall–Kier alpha value is -3.86. The summed E-state index contributed by atoms with van der Waals surface area (Å²) in [6.07, 6.45) is -28.7. The van der Waals surface area contributed by atoms with Gasteiger partial charge in [0.05, 0.1) is 58.8 Å². The van der Waals surface area contributed by atoms with E-state index in [2.05, 4.69) is 26.6 Å². The summed E-state index contributed by atoms with van der Waals surface area (Å²) in [4.78, 5) is 76.7. The molecule has 4 rings (SSSR count). The molecule has 0 aliphatic carbocycles. The SMILES string of the molecule is CC(=O)CCCCCCNC(=O)CN(CC(=O)NCCCC(=O)NCCO[C@@H]1O[C@@H](C)[C@@H](O)[C@@H](O)[C@@H]1O)CC(=O)NCCCC(=O)NCCO[C@H]1O[C@H](CO[C@H]2O[C@H](CO)[C@@H](O)[C@H](O)[C@@H]2O)[C@@H](O)[C@H](O[C@H]2O[C@H](CO)[C@@H](O)[C@H](O)[C@@H]2O)[C@@H]1O. The smallest absolute Gasteiger partial charge is 0.234 e. The lowest BCUT2D eigenvalue weighted by Crippen LogP contribution is -2.65. The van der Waals surface area contributed by atoms with Crippen LogP contribution in [0, 0.1) is 0 Å². The highest BCUT2D eigenvalue weighted by atomic mass is 16.8. The van der Waals surface area contributed by atoms with Gasteiger partial charge in [-0.15, -0.1) is 0 Å². The predicted octanol–water partition coefficient (Wildman–Crippen LogP) is -9.72. The van der Waals surface area contributed by atoms with Crippen LogP contribution in [0.4, 0.5) is 0 Å². The fraction of sp³-hybridized carbons (Fsp3) is 0.880. The number of carbonyl (C=O) groups excluding carboxylic acids is 6. The molecule has 480 valence electrons. The summed E-state index contributed by atoms with van der Waals surface area (Å²) >= 11 is 0. The van der Waals surface area contributed by atoms with Crippen molar-refractivity contribution in [3.63, 3.8) is 0 Å². The number of hydrogen-bond donors (Lipinski definition) is 18. The van der Waals surface area contributed by atoms with Crippen LogP contribution in [0.3, 0.4) is 0 Å². The summed E-state index contributed by atoms with van der Waals surface area (Å²) in [5, 5.41) is 147. The fourth-order valence-corrected chi connectivity index (χ4v) is 9.11. The molecule has 0 aromatic rings. The second-order valence-electron chi connectivity index (χ2n) is 20.7. The zero-order chi connectivity index (χ0) is 61.3. The minimum absolute atomic E-state index is 0.00241. The second-order valence-corrected chi connectivity index (χ2v) is 20.7. The number of aliphatic hydroxyl groups excluding tert-OH is 13. The fourth-order valence-electron chi connectivity index (χ4n) is 9.11. The van der Waals surface area contributed by atoms with Gasteiger partial charge in [0.2, 0.25) is 29.5 Å². The first-order chi connectivity index (χ1) is 39.5. The van der Waals surface area contributed by atoms with Gasteiger partial charge >= 0.3 is 0 Å². The van der Waals surface area contributed by atoms with Crippen molar-refractivity contribution in [2.24, 2.45) is 0 Å². The molecule has 0 aromatic heterocycles. The van der Waals surface area contributed by atoms with Gasteiger partial charge in [0.25, 0.3) is 0 Å². The molecule has 33 heteroatoms. The summed E-state index contributed by atoms with van der Waals surface area (Å²) in [5.41, 5.74) is 0. The molecule has 0 spiro atoms. The molecule has 0 bridgehead atoms. The number of nitrogens with zero attached hydrogens (tertiary/aromatic N) is 1. The lowest BCUT2D eigenvalue weighted by molar-refractivity contribution is -0.366. The molecule has 5 amide bonds. The van der Waals surface area contributed by atoms with E-state index in [1.54, 1.807) is 0 Å². The molecule has 18 N–H and O–H groups in total. The van der Waals surface area contributed by atoms with E-state index in [0.29, 0.717) is 19.4 Å². The third kappa shape index (κ3) is 23.4. The normalized spacial score (nSPS) is 33.7. The number of nitrogens with one attached hydrogen (secondary N) is 5. The van der Waals surface area contributed by atoms with E-state index < -0.39 is 166 Å². The zero-order valence-corrected chi connectivity index (χ0v) is 46.6. The molecule has 4 aliphatic rings. The first-order valence-corrected chi connectivity index (χ1v) is 27.9. The number of amides is 5. The monoisotopic (exact) mass is 1200 g/mol. The number of ether oxygens (including phenoxy) is 8. The standard InChI is InChI=1S/C50H88N6O27/c1-25(59)9-5-3-4-6-12-51-32(62)19-56(20-33(63)52-13-7-10-30(60)54-15-17-76-47-42(72)39(69)35(65)26(2)79-47)21-34(64)53-14-8-11-31(61)55-16-18-77-49-45(75)46(83-50-44(74)41(71)37(67)28(23-58)81-50)38(68)29(82-49)24-78-48-43(73)40(70)36(66)27(22-57)80-48/h26-29,35-50,57-58,65-75H,3-24H2,1-2H3,(H,51,62)(H,52,63)(H,53,64)(H,54,60)(H,55,61)/t26-,27+,28+,29+,35+,36+,37+,38+,39+,40-,41-,42-,43-,44-,45-,46-,47+,48-,49-,50+/m0/s1. The molecule has 20 atom stereocenters. The summed E-state index contributed by atoms with van der Waals surface area (Å²) < 4.78 is 44.1. The largest absolute Gasteiger partial charge is 0.394 e. The Morgan fingerprint density at radius 2 is 0.819 bits per heavy atom. The molecule has 0 aromatic carbocycles. The maximum absolute atomic E-state index is 13.1.